The number of rotatable bonds is 2. The Balaban J connectivity index is 1.47. The molecule has 4 atom stereocenters. The van der Waals surface area contributed by atoms with Crippen LogP contribution in [0.1, 0.15) is 46.3 Å². The fraction of sp³-hybridized carbons (Fsp3) is 0.423. The molecule has 1 saturated carbocycles. The van der Waals surface area contributed by atoms with E-state index in [2.05, 4.69) is 24.6 Å². The summed E-state index contributed by atoms with van der Waals surface area (Å²) in [5.41, 5.74) is 5.34. The summed E-state index contributed by atoms with van der Waals surface area (Å²) >= 11 is 0. The third-order valence-corrected chi connectivity index (χ3v) is 8.09. The number of carbonyl (C=O) groups is 1. The highest BCUT2D eigenvalue weighted by molar-refractivity contribution is 5.93. The summed E-state index contributed by atoms with van der Waals surface area (Å²) in [7, 11) is 2.26. The lowest BCUT2D eigenvalue weighted by Gasteiger charge is -2.58. The summed E-state index contributed by atoms with van der Waals surface area (Å²) in [5.74, 6) is 1.58. The number of aryl methyl sites for hydroxylation is 1. The molecule has 2 aromatic carbocycles. The van der Waals surface area contributed by atoms with Gasteiger partial charge in [-0.15, -0.1) is 0 Å². The maximum atomic E-state index is 12.9. The number of ether oxygens (including phenoxy) is 2. The first-order valence-electron chi connectivity index (χ1n) is 11.0. The van der Waals surface area contributed by atoms with Gasteiger partial charge in [0.2, 0.25) is 0 Å². The number of esters is 1. The van der Waals surface area contributed by atoms with E-state index in [4.69, 9.17) is 9.47 Å². The molecule has 0 amide bonds. The number of hydrogen-bond acceptors (Lipinski definition) is 4. The molecule has 30 heavy (non-hydrogen) atoms. The van der Waals surface area contributed by atoms with E-state index in [1.165, 1.54) is 23.1 Å². The molecule has 4 nitrogen and oxygen atoms in total. The molecule has 2 aromatic rings. The second-order valence-corrected chi connectivity index (χ2v) is 9.48. The average molecular weight is 402 g/mol. The van der Waals surface area contributed by atoms with Gasteiger partial charge in [-0.25, -0.2) is 4.79 Å². The minimum Gasteiger partial charge on any atom is -0.481 e. The van der Waals surface area contributed by atoms with Crippen molar-refractivity contribution in [2.45, 2.75) is 50.2 Å². The topological polar surface area (TPSA) is 38.8 Å². The molecule has 2 bridgehead atoms. The van der Waals surface area contributed by atoms with E-state index in [9.17, 15) is 4.79 Å². The molecule has 0 aromatic heterocycles. The minimum absolute atomic E-state index is 0.000173. The third kappa shape index (κ3) is 2.23. The fourth-order valence-electron chi connectivity index (χ4n) is 6.68. The Kier molecular flexibility index (Phi) is 3.77. The van der Waals surface area contributed by atoms with Gasteiger partial charge >= 0.3 is 5.97 Å². The van der Waals surface area contributed by atoms with Crippen molar-refractivity contribution in [3.8, 4) is 11.5 Å². The normalized spacial score (nSPS) is 31.1. The first-order chi connectivity index (χ1) is 14.5. The van der Waals surface area contributed by atoms with Gasteiger partial charge in [0, 0.05) is 17.0 Å². The van der Waals surface area contributed by atoms with Gasteiger partial charge in [-0.2, -0.15) is 0 Å². The van der Waals surface area contributed by atoms with Crippen molar-refractivity contribution in [3.63, 3.8) is 0 Å². The molecule has 2 heterocycles. The number of hydrogen-bond donors (Lipinski definition) is 0. The van der Waals surface area contributed by atoms with Gasteiger partial charge in [-0.3, -0.25) is 0 Å². The Morgan fingerprint density at radius 2 is 2.10 bits per heavy atom. The van der Waals surface area contributed by atoms with Crippen LogP contribution in [0, 0.1) is 12.8 Å². The second kappa shape index (κ2) is 6.21. The molecule has 154 valence electrons. The third-order valence-electron chi connectivity index (χ3n) is 8.09. The minimum atomic E-state index is -0.326. The Labute approximate surface area is 177 Å². The maximum Gasteiger partial charge on any atom is 0.343 e. The Morgan fingerprint density at radius 1 is 1.27 bits per heavy atom. The summed E-state index contributed by atoms with van der Waals surface area (Å²) < 4.78 is 12.6. The fourth-order valence-corrected chi connectivity index (χ4v) is 6.68. The standard InChI is InChI=1S/C26H27NO3/c1-15-6-4-5-7-18(15)25(28)29-21-11-9-17-14-20-19-10-8-16(2)24-26(19,12-13-27(20)3)22(17)23(21)30-24/h4-7,9,11,19-20,24H,2,8,10,12-14H2,1,3H3/t19-,20+,24-,26-/m0/s1. The van der Waals surface area contributed by atoms with Gasteiger partial charge in [-0.05, 0) is 81.0 Å². The van der Waals surface area contributed by atoms with Crippen LogP contribution in [0.15, 0.2) is 48.6 Å². The van der Waals surface area contributed by atoms with E-state index < -0.39 is 0 Å². The van der Waals surface area contributed by atoms with E-state index in [0.29, 0.717) is 23.3 Å². The number of likely N-dealkylation sites (N-methyl/N-ethyl adjacent to an activating group) is 1. The highest BCUT2D eigenvalue weighted by atomic mass is 16.6. The first kappa shape index (κ1) is 18.2. The molecule has 0 unspecified atom stereocenters. The van der Waals surface area contributed by atoms with Crippen molar-refractivity contribution in [2.75, 3.05) is 13.6 Å². The van der Waals surface area contributed by atoms with Gasteiger partial charge in [-0.1, -0.05) is 30.8 Å². The number of likely N-dealkylation sites (tertiary alicyclic amines) is 1. The van der Waals surface area contributed by atoms with Crippen molar-refractivity contribution in [1.29, 1.82) is 0 Å². The summed E-state index contributed by atoms with van der Waals surface area (Å²) in [6, 6.07) is 12.2. The number of piperidine rings is 1. The van der Waals surface area contributed by atoms with Crippen LogP contribution in [-0.2, 0) is 11.8 Å². The zero-order chi connectivity index (χ0) is 20.6. The maximum absolute atomic E-state index is 12.9. The molecule has 0 N–H and O–H groups in total. The lowest BCUT2D eigenvalue weighted by atomic mass is 9.51. The molecular formula is C26H27NO3. The smallest absolute Gasteiger partial charge is 0.343 e. The zero-order valence-corrected chi connectivity index (χ0v) is 17.6. The van der Waals surface area contributed by atoms with Gasteiger partial charge in [0.15, 0.2) is 11.5 Å². The Morgan fingerprint density at radius 3 is 2.93 bits per heavy atom. The zero-order valence-electron chi connectivity index (χ0n) is 17.6. The van der Waals surface area contributed by atoms with Crippen LogP contribution < -0.4 is 9.47 Å². The molecule has 2 aliphatic heterocycles. The van der Waals surface area contributed by atoms with Crippen LogP contribution in [0.3, 0.4) is 0 Å². The van der Waals surface area contributed by atoms with E-state index in [1.54, 1.807) is 0 Å². The Bertz CT molecular complexity index is 1090. The number of nitrogens with zero attached hydrogens (tertiary/aromatic N) is 1. The summed E-state index contributed by atoms with van der Waals surface area (Å²) in [5, 5.41) is 0. The van der Waals surface area contributed by atoms with Crippen LogP contribution in [0.25, 0.3) is 0 Å². The summed E-state index contributed by atoms with van der Waals surface area (Å²) in [6.45, 7) is 7.39. The van der Waals surface area contributed by atoms with Crippen LogP contribution in [0.5, 0.6) is 11.5 Å². The van der Waals surface area contributed by atoms with Gasteiger partial charge < -0.3 is 14.4 Å². The predicted molar refractivity (Wildman–Crippen MR) is 115 cm³/mol. The van der Waals surface area contributed by atoms with Crippen LogP contribution in [0.4, 0.5) is 0 Å². The summed E-state index contributed by atoms with van der Waals surface area (Å²) in [4.78, 5) is 15.5. The van der Waals surface area contributed by atoms with Crippen molar-refractivity contribution < 1.29 is 14.3 Å². The van der Waals surface area contributed by atoms with Gasteiger partial charge in [0.05, 0.1) is 5.56 Å². The molecule has 1 saturated heterocycles. The average Bonchev–Trinajstić information content (AvgIpc) is 3.09. The predicted octanol–water partition coefficient (Wildman–Crippen LogP) is 4.44. The lowest BCUT2D eigenvalue weighted by molar-refractivity contribution is -0.0214. The van der Waals surface area contributed by atoms with E-state index in [0.717, 1.165) is 37.1 Å². The monoisotopic (exact) mass is 401 g/mol. The molecule has 1 spiro atoms. The van der Waals surface area contributed by atoms with Gasteiger partial charge in [0.25, 0.3) is 0 Å². The van der Waals surface area contributed by atoms with Gasteiger partial charge in [0.1, 0.15) is 6.10 Å². The first-order valence-corrected chi connectivity index (χ1v) is 11.0. The number of benzene rings is 2. The molecule has 6 rings (SSSR count). The number of carbonyl (C=O) groups excluding carboxylic acids is 1. The summed E-state index contributed by atoms with van der Waals surface area (Å²) in [6.07, 6.45) is 4.30. The molecule has 4 heteroatoms. The van der Waals surface area contributed by atoms with E-state index in [1.807, 2.05) is 37.3 Å². The van der Waals surface area contributed by atoms with Crippen LogP contribution in [-0.4, -0.2) is 36.6 Å². The molecular weight excluding hydrogens is 374 g/mol. The quantitative estimate of drug-likeness (QED) is 0.424. The van der Waals surface area contributed by atoms with E-state index >= 15 is 0 Å². The molecule has 0 radical (unpaired) electrons. The van der Waals surface area contributed by atoms with E-state index in [-0.39, 0.29) is 17.5 Å². The highest BCUT2D eigenvalue weighted by Gasteiger charge is 2.64. The van der Waals surface area contributed by atoms with Crippen molar-refractivity contribution in [3.05, 3.63) is 70.8 Å². The molecule has 2 aliphatic carbocycles. The highest BCUT2D eigenvalue weighted by Crippen LogP contribution is 2.64. The van der Waals surface area contributed by atoms with Crippen molar-refractivity contribution in [1.82, 2.24) is 4.90 Å². The Hall–Kier alpha value is -2.59. The van der Waals surface area contributed by atoms with Crippen molar-refractivity contribution in [2.24, 2.45) is 5.92 Å². The molecule has 4 aliphatic rings. The SMILES string of the molecule is C=C1CC[C@H]2[C@H]3Cc4ccc(OC(=O)c5ccccc5C)c5c4[C@@]2(CCN3C)[C@H]1O5. The lowest BCUT2D eigenvalue weighted by Crippen LogP contribution is -2.63. The second-order valence-electron chi connectivity index (χ2n) is 9.48. The van der Waals surface area contributed by atoms with Crippen molar-refractivity contribution >= 4 is 5.97 Å². The van der Waals surface area contributed by atoms with Crippen LogP contribution >= 0.6 is 0 Å². The molecule has 2 fully saturated rings. The largest absolute Gasteiger partial charge is 0.481 e. The van der Waals surface area contributed by atoms with Crippen LogP contribution in [0.2, 0.25) is 0 Å².